The maximum atomic E-state index is 12.0. The lowest BCUT2D eigenvalue weighted by atomic mass is 10.1. The average Bonchev–Trinajstić information content (AvgIpc) is 2.74. The quantitative estimate of drug-likeness (QED) is 0.851. The summed E-state index contributed by atoms with van der Waals surface area (Å²) in [6.45, 7) is 3.75. The number of hydrogen-bond donors (Lipinski definition) is 2. The Morgan fingerprint density at radius 2 is 1.91 bits per heavy atom. The van der Waals surface area contributed by atoms with Crippen molar-refractivity contribution in [2.24, 2.45) is 5.73 Å². The van der Waals surface area contributed by atoms with E-state index in [2.05, 4.69) is 5.32 Å². The van der Waals surface area contributed by atoms with Crippen molar-refractivity contribution in [3.63, 3.8) is 0 Å². The van der Waals surface area contributed by atoms with Crippen LogP contribution < -0.4 is 11.1 Å². The molecule has 2 aromatic rings. The molecule has 0 aliphatic heterocycles. The summed E-state index contributed by atoms with van der Waals surface area (Å²) in [7, 11) is 0. The zero-order valence-electron chi connectivity index (χ0n) is 12.5. The topological polar surface area (TPSA) is 72.2 Å². The zero-order valence-corrected chi connectivity index (χ0v) is 14.1. The van der Waals surface area contributed by atoms with Gasteiger partial charge in [0.05, 0.1) is 11.3 Å². The van der Waals surface area contributed by atoms with Crippen LogP contribution in [0.5, 0.6) is 0 Å². The summed E-state index contributed by atoms with van der Waals surface area (Å²) in [5, 5.41) is 3.35. The second kappa shape index (κ2) is 7.47. The predicted molar refractivity (Wildman–Crippen MR) is 93.5 cm³/mol. The third-order valence-corrected chi connectivity index (χ3v) is 5.36. The number of aryl methyl sites for hydroxylation is 1. The van der Waals surface area contributed by atoms with Crippen LogP contribution >= 0.6 is 23.1 Å². The number of rotatable bonds is 6. The number of nitrogens with two attached hydrogens (primary N) is 1. The number of primary amides is 1. The van der Waals surface area contributed by atoms with E-state index >= 15 is 0 Å². The van der Waals surface area contributed by atoms with Crippen molar-refractivity contribution in [3.05, 3.63) is 51.9 Å². The zero-order chi connectivity index (χ0) is 16.1. The van der Waals surface area contributed by atoms with Gasteiger partial charge in [0.15, 0.2) is 0 Å². The Balaban J connectivity index is 1.92. The van der Waals surface area contributed by atoms with E-state index in [1.54, 1.807) is 0 Å². The first-order valence-corrected chi connectivity index (χ1v) is 8.77. The summed E-state index contributed by atoms with van der Waals surface area (Å²) in [6, 6.07) is 9.98. The number of nitrogens with one attached hydrogen (secondary N) is 1. The SMILES string of the molecule is Cc1sc(NC(=O)CSCc2ccccc2)c(C(N)=O)c1C. The van der Waals surface area contributed by atoms with Gasteiger partial charge in [-0.1, -0.05) is 30.3 Å². The predicted octanol–water partition coefficient (Wildman–Crippen LogP) is 3.34. The first-order valence-electron chi connectivity index (χ1n) is 6.80. The minimum absolute atomic E-state index is 0.121. The molecule has 0 saturated carbocycles. The van der Waals surface area contributed by atoms with Gasteiger partial charge >= 0.3 is 0 Å². The van der Waals surface area contributed by atoms with Crippen LogP contribution in [0.15, 0.2) is 30.3 Å². The van der Waals surface area contributed by atoms with E-state index < -0.39 is 5.91 Å². The van der Waals surface area contributed by atoms with E-state index in [4.69, 9.17) is 5.73 Å². The van der Waals surface area contributed by atoms with E-state index in [0.29, 0.717) is 16.3 Å². The second-order valence-corrected chi connectivity index (χ2v) is 7.09. The van der Waals surface area contributed by atoms with Crippen LogP contribution in [0.4, 0.5) is 5.00 Å². The molecule has 0 saturated heterocycles. The summed E-state index contributed by atoms with van der Waals surface area (Å²) in [4.78, 5) is 24.5. The van der Waals surface area contributed by atoms with Crippen LogP contribution in [0.2, 0.25) is 0 Å². The third-order valence-electron chi connectivity index (χ3n) is 3.23. The first-order chi connectivity index (χ1) is 10.5. The molecule has 116 valence electrons. The van der Waals surface area contributed by atoms with Gasteiger partial charge in [-0.3, -0.25) is 9.59 Å². The van der Waals surface area contributed by atoms with Gasteiger partial charge in [0.1, 0.15) is 5.00 Å². The molecule has 0 radical (unpaired) electrons. The van der Waals surface area contributed by atoms with Crippen molar-refractivity contribution in [2.75, 3.05) is 11.1 Å². The van der Waals surface area contributed by atoms with Crippen LogP contribution in [-0.2, 0) is 10.5 Å². The average molecular weight is 334 g/mol. The Labute approximate surface area is 138 Å². The normalized spacial score (nSPS) is 10.5. The molecule has 0 unspecified atom stereocenters. The fourth-order valence-electron chi connectivity index (χ4n) is 2.01. The first kappa shape index (κ1) is 16.6. The Kier molecular flexibility index (Phi) is 5.63. The minimum Gasteiger partial charge on any atom is -0.365 e. The molecule has 22 heavy (non-hydrogen) atoms. The summed E-state index contributed by atoms with van der Waals surface area (Å²) >= 11 is 2.92. The maximum absolute atomic E-state index is 12.0. The lowest BCUT2D eigenvalue weighted by molar-refractivity contribution is -0.113. The number of benzene rings is 1. The monoisotopic (exact) mass is 334 g/mol. The highest BCUT2D eigenvalue weighted by Crippen LogP contribution is 2.32. The van der Waals surface area contributed by atoms with Gasteiger partial charge in [-0.15, -0.1) is 23.1 Å². The van der Waals surface area contributed by atoms with E-state index in [-0.39, 0.29) is 5.91 Å². The maximum Gasteiger partial charge on any atom is 0.251 e. The number of thiophene rings is 1. The lowest BCUT2D eigenvalue weighted by Crippen LogP contribution is -2.18. The molecule has 0 fully saturated rings. The van der Waals surface area contributed by atoms with Crippen molar-refractivity contribution < 1.29 is 9.59 Å². The number of hydrogen-bond acceptors (Lipinski definition) is 4. The van der Waals surface area contributed by atoms with Crippen molar-refractivity contribution >= 4 is 39.9 Å². The van der Waals surface area contributed by atoms with Crippen molar-refractivity contribution in [1.82, 2.24) is 0 Å². The molecule has 1 aromatic carbocycles. The molecule has 1 aromatic heterocycles. The van der Waals surface area contributed by atoms with E-state index in [0.717, 1.165) is 16.2 Å². The smallest absolute Gasteiger partial charge is 0.251 e. The molecule has 0 atom stereocenters. The Bertz CT molecular complexity index is 681. The van der Waals surface area contributed by atoms with E-state index in [1.807, 2.05) is 44.2 Å². The van der Waals surface area contributed by atoms with Crippen molar-refractivity contribution in [3.8, 4) is 0 Å². The number of thioether (sulfide) groups is 1. The number of anilines is 1. The Morgan fingerprint density at radius 3 is 2.55 bits per heavy atom. The molecule has 0 bridgehead atoms. The highest BCUT2D eigenvalue weighted by molar-refractivity contribution is 7.99. The number of carbonyl (C=O) groups excluding carboxylic acids is 2. The highest BCUT2D eigenvalue weighted by Gasteiger charge is 2.18. The van der Waals surface area contributed by atoms with Gasteiger partial charge in [-0.2, -0.15) is 0 Å². The molecule has 0 aliphatic carbocycles. The summed E-state index contributed by atoms with van der Waals surface area (Å²) in [6.07, 6.45) is 0. The van der Waals surface area contributed by atoms with Crippen LogP contribution in [0, 0.1) is 13.8 Å². The third kappa shape index (κ3) is 4.11. The van der Waals surface area contributed by atoms with Crippen molar-refractivity contribution in [1.29, 1.82) is 0 Å². The summed E-state index contributed by atoms with van der Waals surface area (Å²) < 4.78 is 0. The number of amides is 2. The van der Waals surface area contributed by atoms with E-state index in [1.165, 1.54) is 28.7 Å². The van der Waals surface area contributed by atoms with Crippen LogP contribution in [0.25, 0.3) is 0 Å². The molecule has 3 N–H and O–H groups in total. The molecular formula is C16H18N2O2S2. The minimum atomic E-state index is -0.505. The molecule has 1 heterocycles. The van der Waals surface area contributed by atoms with Crippen molar-refractivity contribution in [2.45, 2.75) is 19.6 Å². The molecule has 0 aliphatic rings. The lowest BCUT2D eigenvalue weighted by Gasteiger charge is -2.05. The summed E-state index contributed by atoms with van der Waals surface area (Å²) in [5.41, 5.74) is 7.83. The fourth-order valence-corrected chi connectivity index (χ4v) is 3.88. The number of carbonyl (C=O) groups is 2. The van der Waals surface area contributed by atoms with Crippen LogP contribution in [-0.4, -0.2) is 17.6 Å². The van der Waals surface area contributed by atoms with Gasteiger partial charge in [0.2, 0.25) is 5.91 Å². The van der Waals surface area contributed by atoms with Gasteiger partial charge in [0, 0.05) is 10.6 Å². The van der Waals surface area contributed by atoms with Gasteiger partial charge < -0.3 is 11.1 Å². The van der Waals surface area contributed by atoms with Crippen LogP contribution in [0.3, 0.4) is 0 Å². The molecular weight excluding hydrogens is 316 g/mol. The Morgan fingerprint density at radius 1 is 1.23 bits per heavy atom. The molecule has 0 spiro atoms. The standard InChI is InChI=1S/C16H18N2O2S2/c1-10-11(2)22-16(14(10)15(17)20)18-13(19)9-21-8-12-6-4-3-5-7-12/h3-7H,8-9H2,1-2H3,(H2,17,20)(H,18,19). The Hall–Kier alpha value is -1.79. The summed E-state index contributed by atoms with van der Waals surface area (Å²) in [5.74, 6) is 0.487. The molecule has 2 rings (SSSR count). The van der Waals surface area contributed by atoms with Gasteiger partial charge in [-0.25, -0.2) is 0 Å². The largest absolute Gasteiger partial charge is 0.365 e. The van der Waals surface area contributed by atoms with Crippen LogP contribution in [0.1, 0.15) is 26.4 Å². The van der Waals surface area contributed by atoms with Gasteiger partial charge in [0.25, 0.3) is 5.91 Å². The molecule has 4 nitrogen and oxygen atoms in total. The van der Waals surface area contributed by atoms with E-state index in [9.17, 15) is 9.59 Å². The second-order valence-electron chi connectivity index (χ2n) is 4.88. The van der Waals surface area contributed by atoms with Gasteiger partial charge in [-0.05, 0) is 25.0 Å². The molecule has 2 amide bonds. The fraction of sp³-hybridized carbons (Fsp3) is 0.250. The highest BCUT2D eigenvalue weighted by atomic mass is 32.2. The molecule has 6 heteroatoms.